The Morgan fingerprint density at radius 3 is 2.03 bits per heavy atom. The maximum absolute atomic E-state index is 13.2. The van der Waals surface area contributed by atoms with Crippen LogP contribution in [0, 0.1) is 5.82 Å². The monoisotopic (exact) mass is 450 g/mol. The summed E-state index contributed by atoms with van der Waals surface area (Å²) in [6.07, 6.45) is 0.492. The maximum Gasteiger partial charge on any atom is 0.250 e. The zero-order valence-corrected chi connectivity index (χ0v) is 18.1. The van der Waals surface area contributed by atoms with E-state index in [1.54, 1.807) is 4.57 Å². The molecule has 0 radical (unpaired) electrons. The molecule has 0 saturated carbocycles. The third-order valence-corrected chi connectivity index (χ3v) is 6.68. The average molecular weight is 451 g/mol. The van der Waals surface area contributed by atoms with Crippen LogP contribution in [0.5, 0.6) is 0 Å². The molecule has 0 saturated heterocycles. The second-order valence-electron chi connectivity index (χ2n) is 7.59. The van der Waals surface area contributed by atoms with E-state index in [1.165, 1.54) is 24.3 Å². The van der Waals surface area contributed by atoms with Gasteiger partial charge in [0.1, 0.15) is 5.82 Å². The van der Waals surface area contributed by atoms with Gasteiger partial charge in [0.15, 0.2) is 5.82 Å². The molecule has 4 aromatic rings. The summed E-state index contributed by atoms with van der Waals surface area (Å²) in [5.41, 5.74) is 8.84. The molecule has 1 atom stereocenters. The quantitative estimate of drug-likeness (QED) is 0.442. The highest BCUT2D eigenvalue weighted by Crippen LogP contribution is 2.22. The molecule has 1 heterocycles. The summed E-state index contributed by atoms with van der Waals surface area (Å²) >= 11 is 0. The largest absolute Gasteiger partial charge is 0.321 e. The predicted molar refractivity (Wildman–Crippen MR) is 120 cm³/mol. The number of halogens is 1. The molecule has 1 aromatic heterocycles. The molecule has 4 rings (SSSR count). The summed E-state index contributed by atoms with van der Waals surface area (Å²) in [6, 6.07) is 24.0. The van der Waals surface area contributed by atoms with Crippen molar-refractivity contribution < 1.29 is 12.8 Å². The molecule has 0 aliphatic carbocycles. The Bertz CT molecular complexity index is 1270. The molecule has 3 aromatic carbocycles. The molecular weight excluding hydrogens is 427 g/mol. The van der Waals surface area contributed by atoms with Crippen molar-refractivity contribution in [2.45, 2.75) is 29.9 Å². The van der Waals surface area contributed by atoms with Gasteiger partial charge in [-0.2, -0.15) is 0 Å². The lowest BCUT2D eigenvalue weighted by atomic mass is 10.1. The number of sulfone groups is 1. The minimum atomic E-state index is -3.85. The Balaban J connectivity index is 1.70. The highest BCUT2D eigenvalue weighted by molar-refractivity contribution is 7.90. The van der Waals surface area contributed by atoms with Gasteiger partial charge in [-0.25, -0.2) is 12.8 Å². The van der Waals surface area contributed by atoms with Crippen molar-refractivity contribution in [3.05, 3.63) is 113 Å². The lowest BCUT2D eigenvalue weighted by molar-refractivity contribution is 0.553. The van der Waals surface area contributed by atoms with Crippen molar-refractivity contribution in [1.29, 1.82) is 0 Å². The molecule has 0 fully saturated rings. The van der Waals surface area contributed by atoms with Crippen LogP contribution in [0.15, 0.2) is 90.1 Å². The van der Waals surface area contributed by atoms with Gasteiger partial charge in [0.2, 0.25) is 15.0 Å². The summed E-state index contributed by atoms with van der Waals surface area (Å²) in [6.45, 7) is 0.268. The van der Waals surface area contributed by atoms with Gasteiger partial charge in [-0.05, 0) is 35.2 Å². The molecule has 0 bridgehead atoms. The van der Waals surface area contributed by atoms with E-state index < -0.39 is 21.7 Å². The molecule has 6 nitrogen and oxygen atoms in total. The molecule has 0 spiro atoms. The molecule has 8 heteroatoms. The van der Waals surface area contributed by atoms with Gasteiger partial charge in [0, 0.05) is 0 Å². The van der Waals surface area contributed by atoms with Crippen LogP contribution < -0.4 is 5.73 Å². The van der Waals surface area contributed by atoms with Crippen LogP contribution in [0.3, 0.4) is 0 Å². The van der Waals surface area contributed by atoms with Crippen molar-refractivity contribution in [3.63, 3.8) is 0 Å². The minimum Gasteiger partial charge on any atom is -0.321 e. The first-order valence-corrected chi connectivity index (χ1v) is 11.8. The van der Waals surface area contributed by atoms with Crippen LogP contribution in [-0.2, 0) is 28.6 Å². The molecule has 0 aliphatic rings. The first kappa shape index (κ1) is 21.9. The molecule has 164 valence electrons. The number of rotatable bonds is 8. The molecule has 32 heavy (non-hydrogen) atoms. The van der Waals surface area contributed by atoms with Crippen molar-refractivity contribution in [2.24, 2.45) is 5.73 Å². The lowest BCUT2D eigenvalue weighted by Gasteiger charge is -2.15. The van der Waals surface area contributed by atoms with E-state index in [4.69, 9.17) is 5.73 Å². The van der Waals surface area contributed by atoms with E-state index in [2.05, 4.69) is 10.2 Å². The van der Waals surface area contributed by atoms with E-state index in [1.807, 2.05) is 60.7 Å². The number of nitrogens with zero attached hydrogens (tertiary/aromatic N) is 3. The van der Waals surface area contributed by atoms with Crippen LogP contribution in [0.4, 0.5) is 4.39 Å². The summed E-state index contributed by atoms with van der Waals surface area (Å²) in [4.78, 5) is 0. The average Bonchev–Trinajstić information content (AvgIpc) is 3.21. The SMILES string of the molecule is N[C@@H](Cc1ccccc1)c1nnc(S(=O)(=O)Cc2ccc(F)cc2)n1Cc1ccccc1. The summed E-state index contributed by atoms with van der Waals surface area (Å²) in [5.74, 6) is -0.336. The standard InChI is InChI=1S/C24H23FN4O2S/c25-21-13-11-20(12-14-21)17-32(30,31)24-28-27-23(22(26)15-18-7-3-1-4-8-18)29(24)16-19-9-5-2-6-10-19/h1-14,22H,15-17,26H2/t22-/m0/s1. The Morgan fingerprint density at radius 2 is 1.41 bits per heavy atom. The Labute approximate surface area is 186 Å². The van der Waals surface area contributed by atoms with Crippen molar-refractivity contribution in [3.8, 4) is 0 Å². The van der Waals surface area contributed by atoms with Crippen LogP contribution in [0.2, 0.25) is 0 Å². The normalized spacial score (nSPS) is 12.6. The van der Waals surface area contributed by atoms with Gasteiger partial charge in [-0.3, -0.25) is 4.57 Å². The number of hydrogen-bond donors (Lipinski definition) is 1. The Morgan fingerprint density at radius 1 is 0.812 bits per heavy atom. The van der Waals surface area contributed by atoms with Crippen molar-refractivity contribution in [1.82, 2.24) is 14.8 Å². The fourth-order valence-electron chi connectivity index (χ4n) is 3.54. The van der Waals surface area contributed by atoms with Gasteiger partial charge >= 0.3 is 0 Å². The zero-order chi connectivity index (χ0) is 22.6. The van der Waals surface area contributed by atoms with E-state index in [-0.39, 0.29) is 17.5 Å². The second kappa shape index (κ2) is 9.42. The third-order valence-electron chi connectivity index (χ3n) is 5.11. The summed E-state index contributed by atoms with van der Waals surface area (Å²) in [5, 5.41) is 8.06. The van der Waals surface area contributed by atoms with E-state index in [9.17, 15) is 12.8 Å². The second-order valence-corrected chi connectivity index (χ2v) is 9.48. The van der Waals surface area contributed by atoms with Crippen LogP contribution in [0.25, 0.3) is 0 Å². The van der Waals surface area contributed by atoms with Gasteiger partial charge in [0.05, 0.1) is 18.3 Å². The number of nitrogens with two attached hydrogens (primary N) is 1. The Kier molecular flexibility index (Phi) is 6.43. The highest BCUT2D eigenvalue weighted by atomic mass is 32.2. The van der Waals surface area contributed by atoms with Crippen LogP contribution >= 0.6 is 0 Å². The van der Waals surface area contributed by atoms with Gasteiger partial charge in [0.25, 0.3) is 0 Å². The van der Waals surface area contributed by atoms with E-state index in [0.717, 1.165) is 11.1 Å². The topological polar surface area (TPSA) is 90.9 Å². The summed E-state index contributed by atoms with van der Waals surface area (Å²) in [7, 11) is -3.85. The maximum atomic E-state index is 13.2. The fraction of sp³-hybridized carbons (Fsp3) is 0.167. The number of benzene rings is 3. The Hall–Kier alpha value is -3.36. The van der Waals surface area contributed by atoms with Crippen molar-refractivity contribution in [2.75, 3.05) is 0 Å². The third kappa shape index (κ3) is 5.09. The highest BCUT2D eigenvalue weighted by Gasteiger charge is 2.27. The molecule has 0 unspecified atom stereocenters. The van der Waals surface area contributed by atoms with Gasteiger partial charge < -0.3 is 5.73 Å². The first-order valence-electron chi connectivity index (χ1n) is 10.2. The van der Waals surface area contributed by atoms with Gasteiger partial charge in [-0.1, -0.05) is 72.8 Å². The first-order chi connectivity index (χ1) is 15.4. The smallest absolute Gasteiger partial charge is 0.250 e. The predicted octanol–water partition coefficient (Wildman–Crippen LogP) is 3.68. The zero-order valence-electron chi connectivity index (χ0n) is 17.3. The fourth-order valence-corrected chi connectivity index (χ4v) is 4.96. The van der Waals surface area contributed by atoms with Crippen molar-refractivity contribution >= 4 is 9.84 Å². The number of aromatic nitrogens is 3. The lowest BCUT2D eigenvalue weighted by Crippen LogP contribution is -2.22. The minimum absolute atomic E-state index is 0.149. The molecular formula is C24H23FN4O2S. The molecule has 0 amide bonds. The van der Waals surface area contributed by atoms with Gasteiger partial charge in [-0.15, -0.1) is 10.2 Å². The molecule has 2 N–H and O–H groups in total. The van der Waals surface area contributed by atoms with Crippen LogP contribution in [-0.4, -0.2) is 23.2 Å². The summed E-state index contributed by atoms with van der Waals surface area (Å²) < 4.78 is 41.3. The molecule has 0 aliphatic heterocycles. The van der Waals surface area contributed by atoms with E-state index in [0.29, 0.717) is 17.8 Å². The van der Waals surface area contributed by atoms with Crippen LogP contribution in [0.1, 0.15) is 28.6 Å². The van der Waals surface area contributed by atoms with E-state index >= 15 is 0 Å². The number of hydrogen-bond acceptors (Lipinski definition) is 5.